The minimum Gasteiger partial charge on any atom is -0.399 e. The first kappa shape index (κ1) is 28.3. The van der Waals surface area contributed by atoms with Crippen LogP contribution < -0.4 is 4.52 Å². The van der Waals surface area contributed by atoms with Gasteiger partial charge in [0.05, 0.1) is 6.61 Å². The fraction of sp³-hybridized carbons (Fsp3) is 0.600. The molecule has 0 bridgehead atoms. The lowest BCUT2D eigenvalue weighted by Crippen LogP contribution is -2.12. The molecule has 1 aromatic heterocycles. The number of rotatable bonds is 6. The molecule has 0 saturated carbocycles. The van der Waals surface area contributed by atoms with Gasteiger partial charge >= 0.3 is 8.24 Å². The minimum atomic E-state index is -1.58. The zero-order valence-corrected chi connectivity index (χ0v) is 25.8. The van der Waals surface area contributed by atoms with Crippen molar-refractivity contribution in [2.75, 3.05) is 12.8 Å². The predicted molar refractivity (Wildman–Crippen MR) is 157 cm³/mol. The number of aryl methyl sites for hydroxylation is 2. The first-order valence-electron chi connectivity index (χ1n) is 13.0. The van der Waals surface area contributed by atoms with Crippen molar-refractivity contribution >= 4 is 38.1 Å². The van der Waals surface area contributed by atoms with Gasteiger partial charge in [0.15, 0.2) is 0 Å². The third kappa shape index (κ3) is 6.18. The molecule has 0 aliphatic heterocycles. The average Bonchev–Trinajstić information content (AvgIpc) is 2.87. The van der Waals surface area contributed by atoms with Gasteiger partial charge in [0.1, 0.15) is 11.2 Å². The van der Waals surface area contributed by atoms with E-state index in [1.807, 2.05) is 0 Å². The van der Waals surface area contributed by atoms with Crippen LogP contribution in [0.3, 0.4) is 0 Å². The molecule has 194 valence electrons. The summed E-state index contributed by atoms with van der Waals surface area (Å²) < 4.78 is 19.9. The Morgan fingerprint density at radius 1 is 0.743 bits per heavy atom. The van der Waals surface area contributed by atoms with Crippen molar-refractivity contribution in [2.45, 2.75) is 105 Å². The van der Waals surface area contributed by atoms with E-state index >= 15 is 0 Å². The van der Waals surface area contributed by atoms with Crippen LogP contribution in [0.15, 0.2) is 32.7 Å². The maximum absolute atomic E-state index is 6.73. The molecule has 3 aromatic rings. The van der Waals surface area contributed by atoms with Gasteiger partial charge in [0.25, 0.3) is 0 Å². The highest BCUT2D eigenvalue weighted by Gasteiger charge is 2.25. The Hall–Kier alpha value is -1.27. The van der Waals surface area contributed by atoms with Crippen molar-refractivity contribution in [3.05, 3.63) is 46.5 Å². The molecule has 0 amide bonds. The molecule has 35 heavy (non-hydrogen) atoms. The summed E-state index contributed by atoms with van der Waals surface area (Å²) in [6.07, 6.45) is 1.07. The Bertz CT molecular complexity index is 1130. The zero-order valence-electron chi connectivity index (χ0n) is 24.0. The predicted octanol–water partition coefficient (Wildman–Crippen LogP) is 10.2. The van der Waals surface area contributed by atoms with Crippen LogP contribution in [0, 0.1) is 13.8 Å². The smallest absolute Gasteiger partial charge is 0.387 e. The average molecular weight is 517 g/mol. The molecule has 0 spiro atoms. The molecule has 0 saturated heterocycles. The second-order valence-electron chi connectivity index (χ2n) is 12.4. The lowest BCUT2D eigenvalue weighted by atomic mass is 9.82. The molecule has 0 unspecified atom stereocenters. The maximum atomic E-state index is 6.73. The zero-order chi connectivity index (χ0) is 26.3. The highest BCUT2D eigenvalue weighted by atomic mass is 31.1. The number of benzene rings is 2. The van der Waals surface area contributed by atoms with Gasteiger partial charge in [0, 0.05) is 21.9 Å². The van der Waals surface area contributed by atoms with Crippen LogP contribution in [0.2, 0.25) is 0 Å². The fourth-order valence-corrected chi connectivity index (χ4v) is 8.64. The Labute approximate surface area is 215 Å². The van der Waals surface area contributed by atoms with Gasteiger partial charge in [-0.1, -0.05) is 101 Å². The fourth-order valence-electron chi connectivity index (χ4n) is 4.91. The topological polar surface area (TPSA) is 35.5 Å². The van der Waals surface area contributed by atoms with E-state index in [1.165, 1.54) is 22.3 Å². The van der Waals surface area contributed by atoms with Gasteiger partial charge in [-0.05, 0) is 53.3 Å². The van der Waals surface area contributed by atoms with Gasteiger partial charge < -0.3 is 8.39 Å². The third-order valence-electron chi connectivity index (χ3n) is 6.80. The highest BCUT2D eigenvalue weighted by molar-refractivity contribution is 7.59. The molecule has 3 nitrogen and oxygen atoms in total. The van der Waals surface area contributed by atoms with Crippen LogP contribution in [0.25, 0.3) is 21.9 Å². The summed E-state index contributed by atoms with van der Waals surface area (Å²) in [5.41, 5.74) is 7.87. The molecule has 0 atom stereocenters. The van der Waals surface area contributed by atoms with Crippen LogP contribution in [-0.4, -0.2) is 24.1 Å². The summed E-state index contributed by atoms with van der Waals surface area (Å²) in [5, 5.41) is 2.30. The van der Waals surface area contributed by atoms with Gasteiger partial charge in [-0.3, -0.25) is 4.52 Å². The lowest BCUT2D eigenvalue weighted by Gasteiger charge is -2.25. The number of hydrogen-bond acceptors (Lipinski definition) is 3. The van der Waals surface area contributed by atoms with Gasteiger partial charge in [-0.15, -0.1) is 0 Å². The summed E-state index contributed by atoms with van der Waals surface area (Å²) in [4.78, 5) is 0. The van der Waals surface area contributed by atoms with E-state index in [4.69, 9.17) is 12.9 Å². The van der Waals surface area contributed by atoms with Crippen molar-refractivity contribution in [1.29, 1.82) is 0 Å². The summed E-state index contributed by atoms with van der Waals surface area (Å²) in [6, 6.07) is 8.88. The first-order valence-corrected chi connectivity index (χ1v) is 15.7. The SMILES string of the molecule is Cc1ccc(C(C)(C)C)c2op(OCCP(C(C)C)C(C)C)oc3c(C(C)(C)C)ccc(C)c3c12. The summed E-state index contributed by atoms with van der Waals surface area (Å²) in [5.74, 6) is 0. The monoisotopic (exact) mass is 516 g/mol. The molecule has 0 aliphatic carbocycles. The molecule has 5 heteroatoms. The van der Waals surface area contributed by atoms with E-state index < -0.39 is 8.24 Å². The summed E-state index contributed by atoms with van der Waals surface area (Å²) >= 11 is 0. The number of fused-ring (bicyclic) bond motifs is 3. The molecule has 1 heterocycles. The van der Waals surface area contributed by atoms with Crippen molar-refractivity contribution in [2.24, 2.45) is 0 Å². The molecule has 0 radical (unpaired) electrons. The lowest BCUT2D eigenvalue weighted by molar-refractivity contribution is 0.394. The van der Waals surface area contributed by atoms with E-state index in [0.29, 0.717) is 17.9 Å². The van der Waals surface area contributed by atoms with Gasteiger partial charge in [-0.2, -0.15) is 0 Å². The van der Waals surface area contributed by atoms with Crippen LogP contribution in [0.1, 0.15) is 91.5 Å². The van der Waals surface area contributed by atoms with Crippen molar-refractivity contribution in [3.63, 3.8) is 0 Å². The quantitative estimate of drug-likeness (QED) is 0.306. The van der Waals surface area contributed by atoms with Crippen LogP contribution in [0.5, 0.6) is 0 Å². The molecular formula is C30H46O3P2. The Balaban J connectivity index is 2.36. The van der Waals surface area contributed by atoms with E-state index in [1.54, 1.807) is 0 Å². The summed E-state index contributed by atoms with van der Waals surface area (Å²) in [7, 11) is -1.68. The Morgan fingerprint density at radius 3 is 1.49 bits per heavy atom. The van der Waals surface area contributed by atoms with Crippen LogP contribution in [-0.2, 0) is 10.8 Å². The van der Waals surface area contributed by atoms with Gasteiger partial charge in [0.2, 0.25) is 0 Å². The van der Waals surface area contributed by atoms with Crippen molar-refractivity contribution < 1.29 is 12.9 Å². The van der Waals surface area contributed by atoms with Crippen LogP contribution >= 0.6 is 16.2 Å². The maximum Gasteiger partial charge on any atom is 0.387 e. The molecular weight excluding hydrogens is 470 g/mol. The third-order valence-corrected chi connectivity index (χ3v) is 11.2. The second kappa shape index (κ2) is 10.6. The van der Waals surface area contributed by atoms with E-state index in [-0.39, 0.29) is 18.8 Å². The van der Waals surface area contributed by atoms with Crippen molar-refractivity contribution in [1.82, 2.24) is 0 Å². The highest BCUT2D eigenvalue weighted by Crippen LogP contribution is 2.47. The Kier molecular flexibility index (Phi) is 8.58. The normalized spacial score (nSPS) is 13.1. The summed E-state index contributed by atoms with van der Waals surface area (Å²) in [6.45, 7) is 27.8. The second-order valence-corrected chi connectivity index (χ2v) is 17.0. The van der Waals surface area contributed by atoms with E-state index in [9.17, 15) is 0 Å². The largest absolute Gasteiger partial charge is 0.399 e. The first-order chi connectivity index (χ1) is 16.1. The molecule has 2 aromatic carbocycles. The molecule has 0 fully saturated rings. The molecule has 3 rings (SSSR count). The van der Waals surface area contributed by atoms with Crippen molar-refractivity contribution in [3.8, 4) is 0 Å². The number of hydrogen-bond donors (Lipinski definition) is 0. The van der Waals surface area contributed by atoms with Crippen LogP contribution in [0.4, 0.5) is 0 Å². The standard InChI is InChI=1S/C30H46O3P2/c1-19(2)34(20(3)4)18-17-31-35-32-27-23(29(7,8)9)15-13-21(5)25(27)26-22(6)14-16-24(28(26)33-35)30(10,11)12/h13-16,19-20H,17-18H2,1-12H3. The molecule has 0 N–H and O–H groups in total. The van der Waals surface area contributed by atoms with E-state index in [2.05, 4.69) is 107 Å². The molecule has 0 aliphatic rings. The Morgan fingerprint density at radius 2 is 1.14 bits per heavy atom. The van der Waals surface area contributed by atoms with E-state index in [0.717, 1.165) is 28.1 Å². The minimum absolute atomic E-state index is 0.0670. The van der Waals surface area contributed by atoms with Gasteiger partial charge in [-0.25, -0.2) is 0 Å².